The molecule has 0 aliphatic carbocycles. The number of urea groups is 1. The summed E-state index contributed by atoms with van der Waals surface area (Å²) in [4.78, 5) is 13.0. The Morgan fingerprint density at radius 2 is 2.06 bits per heavy atom. The van der Waals surface area contributed by atoms with E-state index >= 15 is 0 Å². The number of rotatable bonds is 2. The van der Waals surface area contributed by atoms with Crippen molar-refractivity contribution in [2.75, 3.05) is 12.8 Å². The molecule has 1 fully saturated rings. The predicted octanol–water partition coefficient (Wildman–Crippen LogP) is 1.06. The first-order valence-corrected chi connectivity index (χ1v) is 5.65. The van der Waals surface area contributed by atoms with Crippen molar-refractivity contribution in [2.24, 2.45) is 0 Å². The van der Waals surface area contributed by atoms with Crippen LogP contribution in [0.5, 0.6) is 0 Å². The van der Waals surface area contributed by atoms with Crippen LogP contribution in [0.1, 0.15) is 5.56 Å². The van der Waals surface area contributed by atoms with Crippen molar-refractivity contribution in [3.05, 3.63) is 29.8 Å². The number of nitrogens with zero attached hydrogens (tertiary/aromatic N) is 2. The summed E-state index contributed by atoms with van der Waals surface area (Å²) in [5, 5.41) is 9.65. The standard InChI is InChI=1S/C10H13N3O2S/c1-12-9(14)13(10(15)16-12)6-7-2-4-8(11)5-3-7/h2-5,10,15H,6,11H2,1H3. The molecule has 0 radical (unpaired) electrons. The van der Waals surface area contributed by atoms with Crippen molar-refractivity contribution in [1.82, 2.24) is 9.21 Å². The smallest absolute Gasteiger partial charge is 0.332 e. The third-order valence-corrected chi connectivity index (χ3v) is 3.28. The fourth-order valence-corrected chi connectivity index (χ4v) is 2.24. The number of aliphatic hydroxyl groups is 1. The summed E-state index contributed by atoms with van der Waals surface area (Å²) in [6, 6.07) is 7.06. The molecule has 3 N–H and O–H groups in total. The Morgan fingerprint density at radius 1 is 1.44 bits per heavy atom. The highest BCUT2D eigenvalue weighted by Gasteiger charge is 2.34. The Bertz CT molecular complexity index is 396. The Labute approximate surface area is 98.0 Å². The minimum Gasteiger partial charge on any atom is -0.399 e. The van der Waals surface area contributed by atoms with Gasteiger partial charge in [-0.25, -0.2) is 4.79 Å². The zero-order valence-electron chi connectivity index (χ0n) is 8.83. The van der Waals surface area contributed by atoms with Gasteiger partial charge in [-0.2, -0.15) is 0 Å². The number of hydrogen-bond donors (Lipinski definition) is 2. The zero-order valence-corrected chi connectivity index (χ0v) is 9.65. The second kappa shape index (κ2) is 4.23. The Balaban J connectivity index is 2.10. The molecule has 1 saturated heterocycles. The highest BCUT2D eigenvalue weighted by Crippen LogP contribution is 2.28. The molecule has 0 spiro atoms. The molecule has 1 unspecified atom stereocenters. The monoisotopic (exact) mass is 239 g/mol. The van der Waals surface area contributed by atoms with Crippen molar-refractivity contribution in [2.45, 2.75) is 12.1 Å². The number of carbonyl (C=O) groups excluding carboxylic acids is 1. The van der Waals surface area contributed by atoms with Crippen molar-refractivity contribution in [1.29, 1.82) is 0 Å². The molecule has 6 heteroatoms. The number of carbonyl (C=O) groups is 1. The topological polar surface area (TPSA) is 69.8 Å². The first-order valence-electron chi connectivity index (χ1n) is 4.81. The van der Waals surface area contributed by atoms with Crippen molar-refractivity contribution in [3.8, 4) is 0 Å². The third kappa shape index (κ3) is 2.07. The van der Waals surface area contributed by atoms with Gasteiger partial charge in [0.2, 0.25) is 0 Å². The first kappa shape index (κ1) is 11.1. The molecule has 2 rings (SSSR count). The normalized spacial score (nSPS) is 20.6. The van der Waals surface area contributed by atoms with Gasteiger partial charge in [-0.05, 0) is 17.7 Å². The molecule has 1 aromatic rings. The molecule has 1 heterocycles. The zero-order chi connectivity index (χ0) is 11.7. The summed E-state index contributed by atoms with van der Waals surface area (Å²) in [7, 11) is 1.64. The SMILES string of the molecule is CN1SC(O)N(Cc2ccc(N)cc2)C1=O. The van der Waals surface area contributed by atoms with E-state index in [9.17, 15) is 9.90 Å². The molecule has 16 heavy (non-hydrogen) atoms. The summed E-state index contributed by atoms with van der Waals surface area (Å²) < 4.78 is 1.42. The van der Waals surface area contributed by atoms with Crippen molar-refractivity contribution in [3.63, 3.8) is 0 Å². The van der Waals surface area contributed by atoms with E-state index in [1.807, 2.05) is 12.1 Å². The minimum absolute atomic E-state index is 0.186. The van der Waals surface area contributed by atoms with Gasteiger partial charge in [0, 0.05) is 24.7 Å². The number of aliphatic hydroxyl groups excluding tert-OH is 1. The van der Waals surface area contributed by atoms with Crippen LogP contribution in [-0.4, -0.2) is 33.0 Å². The fourth-order valence-electron chi connectivity index (χ4n) is 1.48. The van der Waals surface area contributed by atoms with E-state index in [1.165, 1.54) is 9.21 Å². The molecular weight excluding hydrogens is 226 g/mol. The molecule has 86 valence electrons. The van der Waals surface area contributed by atoms with E-state index in [-0.39, 0.29) is 6.03 Å². The number of nitrogen functional groups attached to an aromatic ring is 1. The summed E-state index contributed by atoms with van der Waals surface area (Å²) in [6.45, 7) is 0.387. The Kier molecular flexibility index (Phi) is 2.93. The van der Waals surface area contributed by atoms with Crippen LogP contribution in [0.4, 0.5) is 10.5 Å². The van der Waals surface area contributed by atoms with E-state index in [0.29, 0.717) is 12.2 Å². The van der Waals surface area contributed by atoms with E-state index in [4.69, 9.17) is 5.73 Å². The van der Waals surface area contributed by atoms with Crippen LogP contribution in [0.3, 0.4) is 0 Å². The average molecular weight is 239 g/mol. The molecule has 0 bridgehead atoms. The Morgan fingerprint density at radius 3 is 2.56 bits per heavy atom. The van der Waals surface area contributed by atoms with Crippen LogP contribution in [-0.2, 0) is 6.54 Å². The molecule has 0 aromatic heterocycles. The number of amides is 2. The summed E-state index contributed by atoms with van der Waals surface area (Å²) >= 11 is 1.10. The quantitative estimate of drug-likeness (QED) is 0.598. The van der Waals surface area contributed by atoms with Crippen LogP contribution in [0.25, 0.3) is 0 Å². The molecule has 2 amide bonds. The van der Waals surface area contributed by atoms with E-state index in [0.717, 1.165) is 17.5 Å². The molecule has 1 aliphatic rings. The molecule has 1 aliphatic heterocycles. The average Bonchev–Trinajstić information content (AvgIpc) is 2.48. The molecule has 1 aromatic carbocycles. The fraction of sp³-hybridized carbons (Fsp3) is 0.300. The van der Waals surface area contributed by atoms with E-state index in [2.05, 4.69) is 0 Å². The first-order chi connectivity index (χ1) is 7.58. The van der Waals surface area contributed by atoms with Gasteiger partial charge >= 0.3 is 6.03 Å². The lowest BCUT2D eigenvalue weighted by Gasteiger charge is -2.17. The van der Waals surface area contributed by atoms with Crippen LogP contribution in [0.15, 0.2) is 24.3 Å². The van der Waals surface area contributed by atoms with E-state index in [1.54, 1.807) is 19.2 Å². The van der Waals surface area contributed by atoms with Crippen LogP contribution >= 0.6 is 11.9 Å². The number of anilines is 1. The van der Waals surface area contributed by atoms with E-state index < -0.39 is 5.56 Å². The number of nitrogens with two attached hydrogens (primary N) is 1. The largest absolute Gasteiger partial charge is 0.399 e. The molecule has 1 atom stereocenters. The van der Waals surface area contributed by atoms with Crippen LogP contribution < -0.4 is 5.73 Å². The van der Waals surface area contributed by atoms with Gasteiger partial charge in [0.1, 0.15) is 0 Å². The van der Waals surface area contributed by atoms with Crippen LogP contribution in [0.2, 0.25) is 0 Å². The lowest BCUT2D eigenvalue weighted by atomic mass is 10.2. The second-order valence-electron chi connectivity index (χ2n) is 3.58. The maximum Gasteiger partial charge on any atom is 0.332 e. The van der Waals surface area contributed by atoms with Crippen molar-refractivity contribution < 1.29 is 9.90 Å². The van der Waals surface area contributed by atoms with Gasteiger partial charge in [-0.3, -0.25) is 9.21 Å². The second-order valence-corrected chi connectivity index (χ2v) is 4.76. The lowest BCUT2D eigenvalue weighted by Crippen LogP contribution is -2.33. The maximum absolute atomic E-state index is 11.6. The molecule has 0 saturated carbocycles. The predicted molar refractivity (Wildman–Crippen MR) is 63.2 cm³/mol. The van der Waals surface area contributed by atoms with Crippen LogP contribution in [0, 0.1) is 0 Å². The van der Waals surface area contributed by atoms with Gasteiger partial charge in [0.05, 0.1) is 6.54 Å². The lowest BCUT2D eigenvalue weighted by molar-refractivity contribution is 0.101. The van der Waals surface area contributed by atoms with Gasteiger partial charge in [-0.1, -0.05) is 12.1 Å². The van der Waals surface area contributed by atoms with Gasteiger partial charge < -0.3 is 10.8 Å². The molecule has 5 nitrogen and oxygen atoms in total. The summed E-state index contributed by atoms with van der Waals surface area (Å²) in [5.41, 5.74) is 6.39. The highest BCUT2D eigenvalue weighted by molar-refractivity contribution is 7.98. The van der Waals surface area contributed by atoms with Gasteiger partial charge in [0.15, 0.2) is 5.56 Å². The molecular formula is C10H13N3O2S. The third-order valence-electron chi connectivity index (χ3n) is 2.37. The van der Waals surface area contributed by atoms with Crippen molar-refractivity contribution >= 4 is 23.7 Å². The number of hydrogen-bond acceptors (Lipinski definition) is 4. The Hall–Kier alpha value is -1.40. The summed E-state index contributed by atoms with van der Waals surface area (Å²) in [5.74, 6) is 0. The van der Waals surface area contributed by atoms with Gasteiger partial charge in [0.25, 0.3) is 0 Å². The minimum atomic E-state index is -0.810. The number of benzene rings is 1. The van der Waals surface area contributed by atoms with Gasteiger partial charge in [-0.15, -0.1) is 0 Å². The highest BCUT2D eigenvalue weighted by atomic mass is 32.2. The maximum atomic E-state index is 11.6. The summed E-state index contributed by atoms with van der Waals surface area (Å²) in [6.07, 6.45) is 0.